The number of benzene rings is 1. The Morgan fingerprint density at radius 1 is 1.31 bits per heavy atom. The molecule has 3 atom stereocenters. The lowest BCUT2D eigenvalue weighted by atomic mass is 9.92. The van der Waals surface area contributed by atoms with Crippen LogP contribution in [0.4, 0.5) is 0 Å². The number of carbonyl (C=O) groups excluding carboxylic acids is 2. The van der Waals surface area contributed by atoms with E-state index in [1.807, 2.05) is 31.2 Å². The first-order valence-corrected chi connectivity index (χ1v) is 8.69. The Labute approximate surface area is 154 Å². The van der Waals surface area contributed by atoms with Crippen molar-refractivity contribution in [3.05, 3.63) is 42.5 Å². The molecule has 0 spiro atoms. The van der Waals surface area contributed by atoms with Crippen LogP contribution in [0.25, 0.3) is 0 Å². The summed E-state index contributed by atoms with van der Waals surface area (Å²) in [6.07, 6.45) is 1.19. The molecule has 1 aliphatic heterocycles. The van der Waals surface area contributed by atoms with Crippen molar-refractivity contribution in [3.8, 4) is 5.75 Å². The van der Waals surface area contributed by atoms with Crippen LogP contribution in [0.15, 0.2) is 36.9 Å². The van der Waals surface area contributed by atoms with Gasteiger partial charge in [0.25, 0.3) is 0 Å². The fraction of sp³-hybridized carbons (Fsp3) is 0.500. The van der Waals surface area contributed by atoms with Gasteiger partial charge in [-0.15, -0.1) is 6.58 Å². The predicted molar refractivity (Wildman–Crippen MR) is 95.8 cm³/mol. The summed E-state index contributed by atoms with van der Waals surface area (Å²) in [5.74, 6) is 0.0750. The van der Waals surface area contributed by atoms with Gasteiger partial charge in [-0.05, 0) is 32.4 Å². The van der Waals surface area contributed by atoms with E-state index >= 15 is 0 Å². The lowest BCUT2D eigenvalue weighted by Gasteiger charge is -2.26. The minimum Gasteiger partial charge on any atom is -0.497 e. The van der Waals surface area contributed by atoms with E-state index in [1.165, 1.54) is 0 Å². The summed E-state index contributed by atoms with van der Waals surface area (Å²) in [6.45, 7) is 7.67. The van der Waals surface area contributed by atoms with Gasteiger partial charge in [0.1, 0.15) is 24.1 Å². The van der Waals surface area contributed by atoms with E-state index in [2.05, 4.69) is 6.58 Å². The van der Waals surface area contributed by atoms with Gasteiger partial charge in [-0.25, -0.2) is 0 Å². The van der Waals surface area contributed by atoms with Gasteiger partial charge in [-0.2, -0.15) is 0 Å². The largest absolute Gasteiger partial charge is 0.497 e. The molecule has 2 rings (SSSR count). The number of ether oxygens (including phenoxy) is 4. The van der Waals surface area contributed by atoms with Crippen molar-refractivity contribution in [2.75, 3.05) is 13.7 Å². The molecule has 0 amide bonds. The van der Waals surface area contributed by atoms with Crippen LogP contribution in [-0.4, -0.2) is 37.2 Å². The van der Waals surface area contributed by atoms with Gasteiger partial charge in [-0.3, -0.25) is 9.59 Å². The molecule has 26 heavy (non-hydrogen) atoms. The van der Waals surface area contributed by atoms with E-state index in [1.54, 1.807) is 20.1 Å². The van der Waals surface area contributed by atoms with Gasteiger partial charge >= 0.3 is 5.97 Å². The highest BCUT2D eigenvalue weighted by Gasteiger charge is 2.45. The summed E-state index contributed by atoms with van der Waals surface area (Å²) in [4.78, 5) is 23.4. The number of esters is 1. The van der Waals surface area contributed by atoms with Crippen LogP contribution in [-0.2, 0) is 23.8 Å². The molecule has 0 saturated carbocycles. The Balaban J connectivity index is 1.98. The van der Waals surface area contributed by atoms with Crippen molar-refractivity contribution in [2.24, 2.45) is 0 Å². The lowest BCUT2D eigenvalue weighted by molar-refractivity contribution is -0.146. The number of hydrogen-bond donors (Lipinski definition) is 0. The third-order valence-electron chi connectivity index (χ3n) is 4.40. The van der Waals surface area contributed by atoms with E-state index in [9.17, 15) is 9.59 Å². The zero-order valence-electron chi connectivity index (χ0n) is 15.5. The van der Waals surface area contributed by atoms with Gasteiger partial charge in [0, 0.05) is 12.0 Å². The summed E-state index contributed by atoms with van der Waals surface area (Å²) in [6, 6.07) is 7.43. The molecule has 1 fully saturated rings. The van der Waals surface area contributed by atoms with E-state index in [0.29, 0.717) is 6.42 Å². The number of methoxy groups -OCH3 is 1. The molecule has 1 saturated heterocycles. The normalized spacial score (nSPS) is 24.9. The lowest BCUT2D eigenvalue weighted by Crippen LogP contribution is -2.35. The van der Waals surface area contributed by atoms with Crippen LogP contribution >= 0.6 is 0 Å². The predicted octanol–water partition coefficient (Wildman–Crippen LogP) is 3.36. The Kier molecular flexibility index (Phi) is 6.94. The van der Waals surface area contributed by atoms with E-state index in [-0.39, 0.29) is 31.3 Å². The first-order valence-electron chi connectivity index (χ1n) is 8.69. The van der Waals surface area contributed by atoms with E-state index < -0.39 is 17.9 Å². The molecular formula is C20H26O6. The summed E-state index contributed by atoms with van der Waals surface area (Å²) in [5.41, 5.74) is 0.163. The molecule has 6 nitrogen and oxygen atoms in total. The van der Waals surface area contributed by atoms with Crippen LogP contribution < -0.4 is 4.74 Å². The molecule has 1 aromatic rings. The zero-order valence-corrected chi connectivity index (χ0v) is 15.5. The second-order valence-corrected chi connectivity index (χ2v) is 6.35. The summed E-state index contributed by atoms with van der Waals surface area (Å²) in [5, 5.41) is 0. The van der Waals surface area contributed by atoms with Crippen molar-refractivity contribution in [3.63, 3.8) is 0 Å². The monoisotopic (exact) mass is 362 g/mol. The van der Waals surface area contributed by atoms with Crippen LogP contribution in [0.1, 0.15) is 45.0 Å². The zero-order chi connectivity index (χ0) is 19.2. The average Bonchev–Trinajstić information content (AvgIpc) is 2.97. The maximum Gasteiger partial charge on any atom is 0.313 e. The Hall–Kier alpha value is -2.18. The van der Waals surface area contributed by atoms with Gasteiger partial charge in [0.05, 0.1) is 19.3 Å². The SMILES string of the molecule is C=C[C@@H]1OC(c2ccc(OC)cc2)O[C@]1(C)CCC(=O)CC(=O)OCC. The molecule has 1 aromatic carbocycles. The first-order chi connectivity index (χ1) is 12.4. The molecule has 1 aliphatic rings. The first kappa shape index (κ1) is 20.1. The standard InChI is InChI=1S/C20H26O6/c1-5-17-20(3,12-11-15(21)13-18(22)24-6-2)26-19(25-17)14-7-9-16(23-4)10-8-14/h5,7-10,17,19H,1,6,11-13H2,2-4H3/t17-,19?,20+/m0/s1. The minimum atomic E-state index is -0.698. The molecule has 0 N–H and O–H groups in total. The molecule has 1 heterocycles. The van der Waals surface area contributed by atoms with E-state index in [0.717, 1.165) is 11.3 Å². The fourth-order valence-corrected chi connectivity index (χ4v) is 2.88. The second-order valence-electron chi connectivity index (χ2n) is 6.35. The second kappa shape index (κ2) is 8.96. The number of ketones is 1. The smallest absolute Gasteiger partial charge is 0.313 e. The molecular weight excluding hydrogens is 336 g/mol. The minimum absolute atomic E-state index is 0.177. The average molecular weight is 362 g/mol. The van der Waals surface area contributed by atoms with Crippen molar-refractivity contribution in [1.82, 2.24) is 0 Å². The third-order valence-corrected chi connectivity index (χ3v) is 4.40. The number of Topliss-reactive ketones (excluding diaryl/α,β-unsaturated/α-hetero) is 1. The maximum absolute atomic E-state index is 12.0. The van der Waals surface area contributed by atoms with Crippen LogP contribution in [0.2, 0.25) is 0 Å². The van der Waals surface area contributed by atoms with Crippen molar-refractivity contribution in [2.45, 2.75) is 51.1 Å². The van der Waals surface area contributed by atoms with Gasteiger partial charge in [0.2, 0.25) is 0 Å². The molecule has 1 unspecified atom stereocenters. The number of rotatable bonds is 9. The summed E-state index contributed by atoms with van der Waals surface area (Å²) in [7, 11) is 1.61. The fourth-order valence-electron chi connectivity index (χ4n) is 2.88. The highest BCUT2D eigenvalue weighted by atomic mass is 16.7. The summed E-state index contributed by atoms with van der Waals surface area (Å²) >= 11 is 0. The van der Waals surface area contributed by atoms with Crippen molar-refractivity contribution >= 4 is 11.8 Å². The van der Waals surface area contributed by atoms with Gasteiger partial charge in [-0.1, -0.05) is 18.2 Å². The maximum atomic E-state index is 12.0. The Morgan fingerprint density at radius 3 is 2.58 bits per heavy atom. The molecule has 0 aliphatic carbocycles. The summed E-state index contributed by atoms with van der Waals surface area (Å²) < 4.78 is 22.0. The van der Waals surface area contributed by atoms with Crippen molar-refractivity contribution < 1.29 is 28.5 Å². The third kappa shape index (κ3) is 4.93. The highest BCUT2D eigenvalue weighted by molar-refractivity contribution is 5.95. The highest BCUT2D eigenvalue weighted by Crippen LogP contribution is 2.41. The number of hydrogen-bond acceptors (Lipinski definition) is 6. The van der Waals surface area contributed by atoms with Gasteiger partial charge < -0.3 is 18.9 Å². The molecule has 6 heteroatoms. The van der Waals surface area contributed by atoms with Crippen LogP contribution in [0, 0.1) is 0 Å². The molecule has 0 aromatic heterocycles. The Morgan fingerprint density at radius 2 is 2.00 bits per heavy atom. The Bertz CT molecular complexity index is 638. The van der Waals surface area contributed by atoms with Crippen molar-refractivity contribution in [1.29, 1.82) is 0 Å². The van der Waals surface area contributed by atoms with Crippen LogP contribution in [0.3, 0.4) is 0 Å². The number of carbonyl (C=O) groups is 2. The molecule has 142 valence electrons. The topological polar surface area (TPSA) is 71.1 Å². The molecule has 0 radical (unpaired) electrons. The molecule has 0 bridgehead atoms. The van der Waals surface area contributed by atoms with E-state index in [4.69, 9.17) is 18.9 Å². The van der Waals surface area contributed by atoms with Crippen LogP contribution in [0.5, 0.6) is 5.75 Å². The quantitative estimate of drug-likeness (QED) is 0.381. The van der Waals surface area contributed by atoms with Gasteiger partial charge in [0.15, 0.2) is 6.29 Å².